The van der Waals surface area contributed by atoms with E-state index in [1.165, 1.54) is 5.56 Å². The summed E-state index contributed by atoms with van der Waals surface area (Å²) in [4.78, 5) is 26.2. The summed E-state index contributed by atoms with van der Waals surface area (Å²) in [6.07, 6.45) is 4.76. The maximum absolute atomic E-state index is 12.1. The van der Waals surface area contributed by atoms with Crippen molar-refractivity contribution in [3.05, 3.63) is 46.2 Å². The van der Waals surface area contributed by atoms with Crippen molar-refractivity contribution in [2.75, 3.05) is 33.4 Å². The number of hydrogen-bond donors (Lipinski definition) is 1. The van der Waals surface area contributed by atoms with E-state index in [4.69, 9.17) is 10.7 Å². The fourth-order valence-electron chi connectivity index (χ4n) is 4.42. The van der Waals surface area contributed by atoms with Crippen molar-refractivity contribution >= 4 is 27.5 Å². The Morgan fingerprint density at radius 1 is 1.33 bits per heavy atom. The second-order valence-corrected chi connectivity index (χ2v) is 9.26. The first-order chi connectivity index (χ1) is 14.5. The SMILES string of the molecule is CCC(=O)CN1C=C2C(=NC(N3CCCC(N)C3)N2Cc2ccccc2Br)N(C)C1. The number of likely N-dealkylation sites (tertiary alicyclic amines) is 1. The molecule has 3 aliphatic heterocycles. The van der Waals surface area contributed by atoms with Crippen LogP contribution in [-0.2, 0) is 11.3 Å². The molecule has 8 heteroatoms. The minimum Gasteiger partial charge on any atom is -0.351 e. The Hall–Kier alpha value is -1.90. The summed E-state index contributed by atoms with van der Waals surface area (Å²) >= 11 is 3.70. The number of Topliss-reactive ketones (excluding diaryl/α,β-unsaturated/α-hetero) is 1. The molecule has 0 amide bonds. The summed E-state index contributed by atoms with van der Waals surface area (Å²) in [7, 11) is 2.05. The molecule has 1 saturated heterocycles. The van der Waals surface area contributed by atoms with Crippen LogP contribution in [0.15, 0.2) is 45.6 Å². The van der Waals surface area contributed by atoms with Gasteiger partial charge in [-0.2, -0.15) is 0 Å². The van der Waals surface area contributed by atoms with Crippen LogP contribution in [0.2, 0.25) is 0 Å². The van der Waals surface area contributed by atoms with Gasteiger partial charge in [0, 0.05) is 49.8 Å². The van der Waals surface area contributed by atoms with Gasteiger partial charge >= 0.3 is 0 Å². The van der Waals surface area contributed by atoms with E-state index in [0.717, 1.165) is 48.5 Å². The largest absolute Gasteiger partial charge is 0.351 e. The summed E-state index contributed by atoms with van der Waals surface area (Å²) in [6.45, 7) is 5.60. The number of aliphatic imine (C=N–C) groups is 1. The Morgan fingerprint density at radius 2 is 2.13 bits per heavy atom. The Morgan fingerprint density at radius 3 is 2.87 bits per heavy atom. The number of fused-ring (bicyclic) bond motifs is 1. The number of carbonyl (C=O) groups is 1. The van der Waals surface area contributed by atoms with Gasteiger partial charge in [0.2, 0.25) is 0 Å². The molecule has 3 heterocycles. The standard InChI is InChI=1S/C22H31BrN6O/c1-3-18(30)13-27-14-20-21(26(2)15-27)25-22(28-10-6-8-17(24)12-28)29(20)11-16-7-4-5-9-19(16)23/h4-5,7,9,14,17,22H,3,6,8,10-13,15,24H2,1-2H3. The molecule has 0 radical (unpaired) electrons. The molecule has 0 bridgehead atoms. The number of ketones is 1. The summed E-state index contributed by atoms with van der Waals surface area (Å²) < 4.78 is 1.09. The zero-order chi connectivity index (χ0) is 21.3. The van der Waals surface area contributed by atoms with Crippen LogP contribution in [0.1, 0.15) is 31.7 Å². The zero-order valence-corrected chi connectivity index (χ0v) is 19.4. The van der Waals surface area contributed by atoms with Crippen LogP contribution in [0.25, 0.3) is 0 Å². The minimum absolute atomic E-state index is 0.0750. The number of hydrogen-bond acceptors (Lipinski definition) is 7. The van der Waals surface area contributed by atoms with Gasteiger partial charge in [0.25, 0.3) is 0 Å². The van der Waals surface area contributed by atoms with Crippen LogP contribution < -0.4 is 5.73 Å². The van der Waals surface area contributed by atoms with Gasteiger partial charge in [0.1, 0.15) is 0 Å². The molecule has 1 fully saturated rings. The number of rotatable bonds is 6. The maximum Gasteiger partial charge on any atom is 0.181 e. The molecule has 0 saturated carbocycles. The van der Waals surface area contributed by atoms with Gasteiger partial charge in [-0.25, -0.2) is 4.99 Å². The van der Waals surface area contributed by atoms with Crippen molar-refractivity contribution in [1.82, 2.24) is 19.6 Å². The van der Waals surface area contributed by atoms with E-state index in [9.17, 15) is 4.79 Å². The fraction of sp³-hybridized carbons (Fsp3) is 0.545. The molecule has 7 nitrogen and oxygen atoms in total. The Bertz CT molecular complexity index is 856. The lowest BCUT2D eigenvalue weighted by Crippen LogP contribution is -2.52. The van der Waals surface area contributed by atoms with Gasteiger partial charge in [-0.3, -0.25) is 9.69 Å². The van der Waals surface area contributed by atoms with Crippen LogP contribution >= 0.6 is 15.9 Å². The predicted molar refractivity (Wildman–Crippen MR) is 122 cm³/mol. The van der Waals surface area contributed by atoms with Gasteiger partial charge in [-0.1, -0.05) is 41.1 Å². The zero-order valence-electron chi connectivity index (χ0n) is 17.8. The summed E-state index contributed by atoms with van der Waals surface area (Å²) in [5, 5.41) is 0. The van der Waals surface area contributed by atoms with Crippen LogP contribution in [0.3, 0.4) is 0 Å². The maximum atomic E-state index is 12.1. The molecule has 0 aliphatic carbocycles. The van der Waals surface area contributed by atoms with E-state index < -0.39 is 0 Å². The van der Waals surface area contributed by atoms with Gasteiger partial charge in [0.15, 0.2) is 17.9 Å². The van der Waals surface area contributed by atoms with Gasteiger partial charge < -0.3 is 20.4 Å². The molecule has 1 aromatic carbocycles. The number of nitrogens with zero attached hydrogens (tertiary/aromatic N) is 5. The van der Waals surface area contributed by atoms with Crippen molar-refractivity contribution in [1.29, 1.82) is 0 Å². The topological polar surface area (TPSA) is 68.4 Å². The van der Waals surface area contributed by atoms with Crippen LogP contribution in [-0.4, -0.2) is 76.9 Å². The molecule has 0 spiro atoms. The second kappa shape index (κ2) is 9.08. The molecule has 2 atom stereocenters. The van der Waals surface area contributed by atoms with E-state index in [2.05, 4.69) is 67.0 Å². The lowest BCUT2D eigenvalue weighted by atomic mass is 10.1. The van der Waals surface area contributed by atoms with E-state index in [-0.39, 0.29) is 18.1 Å². The molecule has 0 aromatic heterocycles. The summed E-state index contributed by atoms with van der Waals surface area (Å²) in [5.74, 6) is 1.24. The third-order valence-corrected chi connectivity index (χ3v) is 6.78. The monoisotopic (exact) mass is 474 g/mol. The summed E-state index contributed by atoms with van der Waals surface area (Å²) in [5.41, 5.74) is 8.58. The highest BCUT2D eigenvalue weighted by atomic mass is 79.9. The molecule has 162 valence electrons. The Kier molecular flexibility index (Phi) is 6.46. The molecular formula is C22H31BrN6O. The first kappa shape index (κ1) is 21.3. The van der Waals surface area contributed by atoms with E-state index >= 15 is 0 Å². The van der Waals surface area contributed by atoms with Crippen LogP contribution in [0, 0.1) is 0 Å². The predicted octanol–water partition coefficient (Wildman–Crippen LogP) is 2.40. The average Bonchev–Trinajstić information content (AvgIpc) is 3.08. The van der Waals surface area contributed by atoms with Gasteiger partial charge in [-0.15, -0.1) is 0 Å². The fourth-order valence-corrected chi connectivity index (χ4v) is 4.83. The molecular weight excluding hydrogens is 444 g/mol. The smallest absolute Gasteiger partial charge is 0.181 e. The van der Waals surface area contributed by atoms with Crippen LogP contribution in [0.5, 0.6) is 0 Å². The molecule has 2 N–H and O–H groups in total. The van der Waals surface area contributed by atoms with E-state index in [0.29, 0.717) is 19.6 Å². The summed E-state index contributed by atoms with van der Waals surface area (Å²) in [6, 6.07) is 8.51. The highest BCUT2D eigenvalue weighted by molar-refractivity contribution is 9.10. The Labute approximate surface area is 187 Å². The lowest BCUT2D eigenvalue weighted by Gasteiger charge is -2.40. The lowest BCUT2D eigenvalue weighted by molar-refractivity contribution is -0.119. The van der Waals surface area contributed by atoms with Crippen molar-refractivity contribution in [3.8, 4) is 0 Å². The molecule has 1 aromatic rings. The average molecular weight is 475 g/mol. The first-order valence-corrected chi connectivity index (χ1v) is 11.5. The van der Waals surface area contributed by atoms with Crippen molar-refractivity contribution in [2.45, 2.75) is 45.1 Å². The number of carbonyl (C=O) groups excluding carboxylic acids is 1. The molecule has 3 aliphatic rings. The number of amidine groups is 1. The third kappa shape index (κ3) is 4.40. The normalized spacial score (nSPS) is 24.6. The van der Waals surface area contributed by atoms with E-state index in [1.54, 1.807) is 0 Å². The molecule has 2 unspecified atom stereocenters. The van der Waals surface area contributed by atoms with Crippen molar-refractivity contribution in [2.24, 2.45) is 10.7 Å². The first-order valence-electron chi connectivity index (χ1n) is 10.7. The highest BCUT2D eigenvalue weighted by Gasteiger charge is 2.40. The van der Waals surface area contributed by atoms with Crippen molar-refractivity contribution in [3.63, 3.8) is 0 Å². The van der Waals surface area contributed by atoms with Crippen LogP contribution in [0.4, 0.5) is 0 Å². The number of piperidine rings is 1. The van der Waals surface area contributed by atoms with Gasteiger partial charge in [-0.05, 0) is 24.5 Å². The number of benzene rings is 1. The number of halogens is 1. The van der Waals surface area contributed by atoms with Gasteiger partial charge in [0.05, 0.1) is 18.9 Å². The highest BCUT2D eigenvalue weighted by Crippen LogP contribution is 2.32. The quantitative estimate of drug-likeness (QED) is 0.682. The third-order valence-electron chi connectivity index (χ3n) is 6.00. The molecule has 4 rings (SSSR count). The number of nitrogens with two attached hydrogens (primary N) is 1. The number of likely N-dealkylation sites (N-methyl/N-ethyl adjacent to an activating group) is 1. The van der Waals surface area contributed by atoms with Crippen molar-refractivity contribution < 1.29 is 4.79 Å². The molecule has 30 heavy (non-hydrogen) atoms. The van der Waals surface area contributed by atoms with E-state index in [1.807, 2.05) is 13.0 Å². The Balaban J connectivity index is 1.67. The second-order valence-electron chi connectivity index (χ2n) is 8.41. The minimum atomic E-state index is -0.0750.